The lowest BCUT2D eigenvalue weighted by atomic mass is 9.83. The quantitative estimate of drug-likeness (QED) is 0.186. The van der Waals surface area contributed by atoms with Crippen molar-refractivity contribution in [1.29, 1.82) is 0 Å². The highest BCUT2D eigenvalue weighted by Crippen LogP contribution is 2.36. The molecule has 0 saturated heterocycles. The number of ketones is 2. The number of anilines is 1. The van der Waals surface area contributed by atoms with Crippen LogP contribution in [0.25, 0.3) is 0 Å². The largest absolute Gasteiger partial charge is 0.289 e. The summed E-state index contributed by atoms with van der Waals surface area (Å²) in [5, 5.41) is 0. The van der Waals surface area contributed by atoms with Gasteiger partial charge < -0.3 is 0 Å². The van der Waals surface area contributed by atoms with E-state index in [1.807, 2.05) is 0 Å². The van der Waals surface area contributed by atoms with Crippen molar-refractivity contribution in [2.45, 2.75) is 57.3 Å². The minimum absolute atomic E-state index is 0.0105. The molecule has 8 nitrogen and oxygen atoms in total. The number of hydrogen-bond acceptors (Lipinski definition) is 6. The molecule has 0 spiro atoms. The van der Waals surface area contributed by atoms with Gasteiger partial charge in [-0.3, -0.25) is 9.59 Å². The van der Waals surface area contributed by atoms with Crippen molar-refractivity contribution in [3.63, 3.8) is 0 Å². The predicted octanol–water partition coefficient (Wildman–Crippen LogP) is 5.16. The highest BCUT2D eigenvalue weighted by Gasteiger charge is 2.38. The molecule has 0 saturated carbocycles. The molecule has 1 N–H and O–H groups in total. The predicted molar refractivity (Wildman–Crippen MR) is 151 cm³/mol. The Bertz CT molecular complexity index is 1610. The Balaban J connectivity index is 1.79. The van der Waals surface area contributed by atoms with E-state index in [4.69, 9.17) is 0 Å². The molecule has 0 aromatic heterocycles. The minimum Gasteiger partial charge on any atom is -0.289 e. The molecular formula is C29H32N2O6S2. The smallest absolute Gasteiger partial charge is 0.278 e. The van der Waals surface area contributed by atoms with E-state index in [1.165, 1.54) is 42.5 Å². The number of rotatable bonds is 12. The number of nitrogens with zero attached hydrogens (tertiary/aromatic N) is 1. The zero-order valence-electron chi connectivity index (χ0n) is 22.0. The first kappa shape index (κ1) is 28.7. The summed E-state index contributed by atoms with van der Waals surface area (Å²) in [6.45, 7) is 3.69. The van der Waals surface area contributed by atoms with Crippen LogP contribution in [0, 0.1) is 6.92 Å². The molecule has 0 radical (unpaired) electrons. The van der Waals surface area contributed by atoms with Gasteiger partial charge in [0.1, 0.15) is 0 Å². The van der Waals surface area contributed by atoms with Crippen LogP contribution in [0.4, 0.5) is 5.69 Å². The molecule has 0 bridgehead atoms. The fraction of sp³-hybridized carbons (Fsp3) is 0.310. The maximum absolute atomic E-state index is 14.0. The van der Waals surface area contributed by atoms with Gasteiger partial charge in [0.15, 0.2) is 11.6 Å². The summed E-state index contributed by atoms with van der Waals surface area (Å²) in [6.07, 6.45) is 5.08. The van der Waals surface area contributed by atoms with Crippen LogP contribution in [0.2, 0.25) is 0 Å². The van der Waals surface area contributed by atoms with Crippen LogP contribution in [0.15, 0.2) is 71.6 Å². The fourth-order valence-electron chi connectivity index (χ4n) is 4.71. The van der Waals surface area contributed by atoms with Gasteiger partial charge in [-0.2, -0.15) is 12.8 Å². The topological polar surface area (TPSA) is 118 Å². The van der Waals surface area contributed by atoms with E-state index in [9.17, 15) is 26.4 Å². The van der Waals surface area contributed by atoms with E-state index < -0.39 is 31.6 Å². The van der Waals surface area contributed by atoms with Gasteiger partial charge in [-0.25, -0.2) is 8.42 Å². The second-order valence-corrected chi connectivity index (χ2v) is 13.2. The van der Waals surface area contributed by atoms with E-state index in [2.05, 4.69) is 11.8 Å². The van der Waals surface area contributed by atoms with Gasteiger partial charge in [0.05, 0.1) is 21.9 Å². The van der Waals surface area contributed by atoms with Gasteiger partial charge in [-0.1, -0.05) is 93.6 Å². The molecule has 39 heavy (non-hydrogen) atoms. The zero-order chi connectivity index (χ0) is 28.2. The third-order valence-electron chi connectivity index (χ3n) is 6.75. The minimum atomic E-state index is -4.53. The number of unbranched alkanes of at least 4 members (excludes halogenated alkanes) is 5. The number of benzene rings is 3. The van der Waals surface area contributed by atoms with Crippen LogP contribution in [-0.4, -0.2) is 34.2 Å². The van der Waals surface area contributed by atoms with E-state index in [0.29, 0.717) is 22.8 Å². The lowest BCUT2D eigenvalue weighted by molar-refractivity contribution is 0.0979. The molecule has 10 heteroatoms. The lowest BCUT2D eigenvalue weighted by Gasteiger charge is -2.29. The summed E-state index contributed by atoms with van der Waals surface area (Å²) in [5.41, 5.74) is 0.358. The van der Waals surface area contributed by atoms with Gasteiger partial charge in [0.2, 0.25) is 10.0 Å². The Kier molecular flexibility index (Phi) is 8.68. The van der Waals surface area contributed by atoms with Crippen molar-refractivity contribution in [1.82, 2.24) is 4.83 Å². The Morgan fingerprint density at radius 3 is 1.97 bits per heavy atom. The second kappa shape index (κ2) is 11.8. The van der Waals surface area contributed by atoms with Crippen molar-refractivity contribution < 1.29 is 26.4 Å². The SMILES string of the molecule is CCCCCCCCS(=O)(=O)NN(c1cccc2c1C(=O)c1ccccc1C2=O)S(=O)(=O)c1ccccc1C. The van der Waals surface area contributed by atoms with Crippen molar-refractivity contribution in [3.8, 4) is 0 Å². The number of hydrazine groups is 1. The van der Waals surface area contributed by atoms with Gasteiger partial charge >= 0.3 is 0 Å². The van der Waals surface area contributed by atoms with Crippen molar-refractivity contribution >= 4 is 37.3 Å². The first-order valence-corrected chi connectivity index (χ1v) is 16.1. The third kappa shape index (κ3) is 5.98. The highest BCUT2D eigenvalue weighted by atomic mass is 32.2. The van der Waals surface area contributed by atoms with Crippen LogP contribution in [0.1, 0.15) is 82.9 Å². The average Bonchev–Trinajstić information content (AvgIpc) is 2.92. The second-order valence-electron chi connectivity index (χ2n) is 9.62. The molecule has 0 amide bonds. The first-order chi connectivity index (χ1) is 18.6. The molecular weight excluding hydrogens is 536 g/mol. The van der Waals surface area contributed by atoms with E-state index in [1.54, 1.807) is 31.2 Å². The maximum Gasteiger partial charge on any atom is 0.278 e. The van der Waals surface area contributed by atoms with Crippen molar-refractivity contribution in [3.05, 3.63) is 94.5 Å². The average molecular weight is 569 g/mol. The Hall–Kier alpha value is -3.34. The molecule has 1 aliphatic carbocycles. The van der Waals surface area contributed by atoms with Gasteiger partial charge in [0, 0.05) is 16.7 Å². The number of sulfonamides is 2. The zero-order valence-corrected chi connectivity index (χ0v) is 23.6. The Morgan fingerprint density at radius 2 is 1.28 bits per heavy atom. The van der Waals surface area contributed by atoms with Gasteiger partial charge in [-0.15, -0.1) is 4.83 Å². The molecule has 3 aromatic rings. The van der Waals surface area contributed by atoms with E-state index >= 15 is 0 Å². The summed E-state index contributed by atoms with van der Waals surface area (Å²) in [6, 6.07) is 16.7. The molecule has 0 unspecified atom stereocenters. The molecule has 1 aliphatic rings. The third-order valence-corrected chi connectivity index (χ3v) is 9.93. The monoisotopic (exact) mass is 568 g/mol. The number of aryl methyl sites for hydroxylation is 1. The van der Waals surface area contributed by atoms with E-state index in [-0.39, 0.29) is 38.6 Å². The van der Waals surface area contributed by atoms with Gasteiger partial charge in [0.25, 0.3) is 10.0 Å². The molecule has 0 fully saturated rings. The first-order valence-electron chi connectivity index (χ1n) is 13.0. The molecule has 4 rings (SSSR count). The summed E-state index contributed by atoms with van der Waals surface area (Å²) < 4.78 is 55.0. The van der Waals surface area contributed by atoms with E-state index in [0.717, 1.165) is 25.7 Å². The summed E-state index contributed by atoms with van der Waals surface area (Å²) in [4.78, 5) is 29.0. The standard InChI is InChI=1S/C29H32N2O6S2/c1-3-4-5-6-7-12-20-38(34,35)30-31(39(36,37)26-19-11-8-14-21(26)2)25-18-13-17-24-27(25)29(33)23-16-10-9-15-22(23)28(24)32/h8-11,13-19,30H,3-7,12,20H2,1-2H3. The Labute approximate surface area is 230 Å². The lowest BCUT2D eigenvalue weighted by Crippen LogP contribution is -2.48. The molecule has 206 valence electrons. The van der Waals surface area contributed by atoms with Crippen molar-refractivity contribution in [2.75, 3.05) is 10.2 Å². The summed E-state index contributed by atoms with van der Waals surface area (Å²) in [7, 11) is -8.68. The number of fused-ring (bicyclic) bond motifs is 2. The molecule has 3 aromatic carbocycles. The number of carbonyl (C=O) groups is 2. The highest BCUT2D eigenvalue weighted by molar-refractivity contribution is 7.95. The van der Waals surface area contributed by atoms with Gasteiger partial charge in [-0.05, 0) is 31.0 Å². The molecule has 0 aliphatic heterocycles. The van der Waals surface area contributed by atoms with Crippen LogP contribution in [0.5, 0.6) is 0 Å². The fourth-order valence-corrected chi connectivity index (χ4v) is 7.81. The maximum atomic E-state index is 14.0. The van der Waals surface area contributed by atoms with Crippen LogP contribution in [-0.2, 0) is 20.0 Å². The number of carbonyl (C=O) groups excluding carboxylic acids is 2. The number of nitrogens with one attached hydrogen (secondary N) is 1. The van der Waals surface area contributed by atoms with Crippen LogP contribution < -0.4 is 9.25 Å². The summed E-state index contributed by atoms with van der Waals surface area (Å²) in [5.74, 6) is -1.29. The van der Waals surface area contributed by atoms with Crippen LogP contribution in [0.3, 0.4) is 0 Å². The molecule has 0 heterocycles. The summed E-state index contributed by atoms with van der Waals surface area (Å²) >= 11 is 0. The normalized spacial score (nSPS) is 13.2. The Morgan fingerprint density at radius 1 is 0.692 bits per heavy atom. The van der Waals surface area contributed by atoms with Crippen LogP contribution >= 0.6 is 0 Å². The van der Waals surface area contributed by atoms with Crippen molar-refractivity contribution in [2.24, 2.45) is 0 Å². The number of hydrogen-bond donors (Lipinski definition) is 1. The molecule has 0 atom stereocenters.